The highest BCUT2D eigenvalue weighted by atomic mass is 32.1. The van der Waals surface area contributed by atoms with Crippen LogP contribution in [0.2, 0.25) is 0 Å². The molecule has 0 aliphatic carbocycles. The fourth-order valence-corrected chi connectivity index (χ4v) is 6.08. The van der Waals surface area contributed by atoms with Gasteiger partial charge in [-0.3, -0.25) is 4.79 Å². The zero-order valence-electron chi connectivity index (χ0n) is 21.1. The number of hydrogen-bond donors (Lipinski definition) is 0. The third kappa shape index (κ3) is 5.10. The molecule has 0 aromatic carbocycles. The van der Waals surface area contributed by atoms with Gasteiger partial charge < -0.3 is 19.1 Å². The number of thiophene rings is 1. The van der Waals surface area contributed by atoms with Crippen molar-refractivity contribution in [2.45, 2.75) is 71.8 Å². The highest BCUT2D eigenvalue weighted by molar-refractivity contribution is 7.18. The van der Waals surface area contributed by atoms with E-state index in [2.05, 4.69) is 28.2 Å². The van der Waals surface area contributed by atoms with Gasteiger partial charge in [0.2, 0.25) is 11.7 Å². The molecule has 0 radical (unpaired) electrons. The number of amides is 1. The number of fused-ring (bicyclic) bond motifs is 2. The number of anilines is 1. The Kier molecular flexibility index (Phi) is 6.99. The molecule has 1 fully saturated rings. The van der Waals surface area contributed by atoms with Crippen LogP contribution in [0.3, 0.4) is 0 Å². The molecule has 3 aromatic rings. The van der Waals surface area contributed by atoms with Crippen LogP contribution in [0.5, 0.6) is 6.01 Å². The molecule has 5 heterocycles. The molecule has 1 amide bonds. The smallest absolute Gasteiger partial charge is 0.451 e. The molecular formula is C24H30F3N7O2S. The highest BCUT2D eigenvalue weighted by Crippen LogP contribution is 2.36. The maximum Gasteiger partial charge on any atom is 0.451 e. The van der Waals surface area contributed by atoms with Crippen molar-refractivity contribution in [1.29, 1.82) is 0 Å². The van der Waals surface area contributed by atoms with Gasteiger partial charge in [0, 0.05) is 30.4 Å². The number of hydrogen-bond acceptors (Lipinski definition) is 8. The predicted molar refractivity (Wildman–Crippen MR) is 133 cm³/mol. The molecular weight excluding hydrogens is 507 g/mol. The van der Waals surface area contributed by atoms with Crippen LogP contribution in [0, 0.1) is 5.92 Å². The molecule has 1 atom stereocenters. The molecule has 0 saturated carbocycles. The van der Waals surface area contributed by atoms with Crippen molar-refractivity contribution in [1.82, 2.24) is 29.6 Å². The Hall–Kier alpha value is -2.96. The standard InChI is InChI=1S/C24H30F3N7O2S/c1-4-6-16-11-17-19(32-9-10-34-18(12-32)30-31-22(34)24(25,26)27)28-23(29-20(17)37-16)36-13-15-7-5-8-33(15)21(35)14(2)3/h11,14-15H,4-10,12-13H2,1-3H3/t15-/m0/s1. The van der Waals surface area contributed by atoms with Gasteiger partial charge >= 0.3 is 12.2 Å². The zero-order valence-corrected chi connectivity index (χ0v) is 21.9. The Morgan fingerprint density at radius 2 is 2.03 bits per heavy atom. The summed E-state index contributed by atoms with van der Waals surface area (Å²) in [4.78, 5) is 27.7. The van der Waals surface area contributed by atoms with Crippen molar-refractivity contribution in [3.63, 3.8) is 0 Å². The van der Waals surface area contributed by atoms with Gasteiger partial charge in [-0.25, -0.2) is 0 Å². The van der Waals surface area contributed by atoms with Gasteiger partial charge in [0.05, 0.1) is 18.0 Å². The number of rotatable bonds is 7. The topological polar surface area (TPSA) is 89.3 Å². The summed E-state index contributed by atoms with van der Waals surface area (Å²) in [6.45, 7) is 7.46. The van der Waals surface area contributed by atoms with Crippen molar-refractivity contribution >= 4 is 33.3 Å². The average Bonchev–Trinajstić information content (AvgIpc) is 3.58. The molecule has 2 aliphatic rings. The first-order valence-corrected chi connectivity index (χ1v) is 13.4. The second-order valence-electron chi connectivity index (χ2n) is 9.82. The van der Waals surface area contributed by atoms with Crippen LogP contribution in [-0.2, 0) is 30.5 Å². The fourth-order valence-electron chi connectivity index (χ4n) is 4.96. The van der Waals surface area contributed by atoms with Crippen LogP contribution in [-0.4, -0.2) is 61.3 Å². The summed E-state index contributed by atoms with van der Waals surface area (Å²) in [5.41, 5.74) is 0. The van der Waals surface area contributed by atoms with Gasteiger partial charge in [-0.1, -0.05) is 27.2 Å². The molecule has 200 valence electrons. The second kappa shape index (κ2) is 10.1. The monoisotopic (exact) mass is 537 g/mol. The van der Waals surface area contributed by atoms with E-state index in [-0.39, 0.29) is 42.8 Å². The van der Waals surface area contributed by atoms with E-state index in [9.17, 15) is 18.0 Å². The lowest BCUT2D eigenvalue weighted by molar-refractivity contribution is -0.147. The van der Waals surface area contributed by atoms with Crippen LogP contribution in [0.15, 0.2) is 6.07 Å². The van der Waals surface area contributed by atoms with E-state index in [1.165, 1.54) is 0 Å². The molecule has 9 nitrogen and oxygen atoms in total. The van der Waals surface area contributed by atoms with E-state index >= 15 is 0 Å². The Morgan fingerprint density at radius 3 is 2.76 bits per heavy atom. The molecule has 0 N–H and O–H groups in total. The first kappa shape index (κ1) is 25.7. The maximum atomic E-state index is 13.3. The van der Waals surface area contributed by atoms with E-state index in [0.717, 1.165) is 51.9 Å². The van der Waals surface area contributed by atoms with Gasteiger partial charge in [0.1, 0.15) is 17.3 Å². The molecule has 0 unspecified atom stereocenters. The molecule has 37 heavy (non-hydrogen) atoms. The van der Waals surface area contributed by atoms with Crippen molar-refractivity contribution < 1.29 is 22.7 Å². The van der Waals surface area contributed by atoms with Crippen LogP contribution in [0.4, 0.5) is 19.0 Å². The summed E-state index contributed by atoms with van der Waals surface area (Å²) in [6, 6.07) is 2.23. The Morgan fingerprint density at radius 1 is 1.22 bits per heavy atom. The Balaban J connectivity index is 1.42. The highest BCUT2D eigenvalue weighted by Gasteiger charge is 2.40. The SMILES string of the molecule is CCCc1cc2c(N3CCn4c(nnc4C(F)(F)F)C3)nc(OC[C@@H]3CCCN3C(=O)C(C)C)nc2s1. The number of nitrogens with zero attached hydrogens (tertiary/aromatic N) is 7. The van der Waals surface area contributed by atoms with Crippen LogP contribution < -0.4 is 9.64 Å². The normalized spacial score (nSPS) is 18.2. The molecule has 0 bridgehead atoms. The van der Waals surface area contributed by atoms with Gasteiger partial charge in [0.15, 0.2) is 5.82 Å². The van der Waals surface area contributed by atoms with E-state index in [1.54, 1.807) is 11.3 Å². The van der Waals surface area contributed by atoms with Crippen LogP contribution >= 0.6 is 11.3 Å². The minimum absolute atomic E-state index is 0.0361. The number of ether oxygens (including phenoxy) is 1. The first-order valence-electron chi connectivity index (χ1n) is 12.6. The molecule has 5 rings (SSSR count). The van der Waals surface area contributed by atoms with Crippen molar-refractivity contribution in [3.8, 4) is 6.01 Å². The van der Waals surface area contributed by atoms with Gasteiger partial charge in [-0.2, -0.15) is 23.1 Å². The van der Waals surface area contributed by atoms with Gasteiger partial charge in [-0.05, 0) is 25.3 Å². The van der Waals surface area contributed by atoms with Crippen molar-refractivity contribution in [2.24, 2.45) is 5.92 Å². The quantitative estimate of drug-likeness (QED) is 0.444. The fraction of sp³-hybridized carbons (Fsp3) is 0.625. The zero-order chi connectivity index (χ0) is 26.3. The maximum absolute atomic E-state index is 13.3. The summed E-state index contributed by atoms with van der Waals surface area (Å²) in [5, 5.41) is 8.04. The number of halogens is 3. The van der Waals surface area contributed by atoms with E-state index in [4.69, 9.17) is 9.72 Å². The van der Waals surface area contributed by atoms with Crippen molar-refractivity contribution in [3.05, 3.63) is 22.6 Å². The molecule has 3 aromatic heterocycles. The minimum Gasteiger partial charge on any atom is -0.461 e. The lowest BCUT2D eigenvalue weighted by atomic mass is 10.1. The molecule has 0 spiro atoms. The van der Waals surface area contributed by atoms with Crippen molar-refractivity contribution in [2.75, 3.05) is 24.6 Å². The molecule has 2 aliphatic heterocycles. The van der Waals surface area contributed by atoms with E-state index < -0.39 is 12.0 Å². The number of aromatic nitrogens is 5. The number of likely N-dealkylation sites (tertiary alicyclic amines) is 1. The summed E-state index contributed by atoms with van der Waals surface area (Å²) in [6.07, 6.45) is -0.889. The van der Waals surface area contributed by atoms with Crippen LogP contribution in [0.1, 0.15) is 56.6 Å². The second-order valence-corrected chi connectivity index (χ2v) is 10.9. The lowest BCUT2D eigenvalue weighted by Crippen LogP contribution is -2.41. The molecule has 13 heteroatoms. The number of alkyl halides is 3. The lowest BCUT2D eigenvalue weighted by Gasteiger charge is -2.29. The average molecular weight is 538 g/mol. The summed E-state index contributed by atoms with van der Waals surface area (Å²) in [5.74, 6) is -0.0893. The Labute approximate surface area is 216 Å². The van der Waals surface area contributed by atoms with Gasteiger partial charge in [-0.15, -0.1) is 21.5 Å². The van der Waals surface area contributed by atoms with E-state index in [1.807, 2.05) is 23.6 Å². The number of carbonyl (C=O) groups excluding carboxylic acids is 1. The number of aryl methyl sites for hydroxylation is 1. The largest absolute Gasteiger partial charge is 0.461 e. The first-order chi connectivity index (χ1) is 17.7. The third-order valence-corrected chi connectivity index (χ3v) is 7.85. The van der Waals surface area contributed by atoms with Gasteiger partial charge in [0.25, 0.3) is 0 Å². The van der Waals surface area contributed by atoms with Crippen LogP contribution in [0.25, 0.3) is 10.2 Å². The Bertz CT molecular complexity index is 1290. The van der Waals surface area contributed by atoms with E-state index in [0.29, 0.717) is 19.0 Å². The molecule has 1 saturated heterocycles. The minimum atomic E-state index is -4.55. The predicted octanol–water partition coefficient (Wildman–Crippen LogP) is 4.30. The summed E-state index contributed by atoms with van der Waals surface area (Å²) < 4.78 is 47.1. The third-order valence-electron chi connectivity index (χ3n) is 6.76. The summed E-state index contributed by atoms with van der Waals surface area (Å²) >= 11 is 1.57. The summed E-state index contributed by atoms with van der Waals surface area (Å²) in [7, 11) is 0. The number of carbonyl (C=O) groups is 1.